The van der Waals surface area contributed by atoms with E-state index in [1.165, 1.54) is 9.99 Å². The van der Waals surface area contributed by atoms with Crippen LogP contribution in [0.25, 0.3) is 0 Å². The van der Waals surface area contributed by atoms with E-state index in [1.54, 1.807) is 11.4 Å². The molecule has 0 bridgehead atoms. The molecule has 2 saturated heterocycles. The van der Waals surface area contributed by atoms with Crippen molar-refractivity contribution in [2.24, 2.45) is 0 Å². The first-order chi connectivity index (χ1) is 14.0. The summed E-state index contributed by atoms with van der Waals surface area (Å²) in [5, 5.41) is 8.78. The molecule has 29 heavy (non-hydrogen) atoms. The molecule has 3 aliphatic rings. The fourth-order valence-electron chi connectivity index (χ4n) is 5.22. The zero-order chi connectivity index (χ0) is 20.2. The Morgan fingerprint density at radius 1 is 1.03 bits per heavy atom. The molecule has 1 atom stereocenters. The Balaban J connectivity index is 1.34. The van der Waals surface area contributed by atoms with Gasteiger partial charge >= 0.3 is 160 Å². The topological polar surface area (TPSA) is 35.3 Å². The monoisotopic (exact) mass is 503 g/mol. The number of likely N-dealkylation sites (tertiary alicyclic amines) is 1. The van der Waals surface area contributed by atoms with Crippen LogP contribution in [-0.2, 0) is 12.1 Å². The van der Waals surface area contributed by atoms with Crippen molar-refractivity contribution in [3.8, 4) is 0 Å². The van der Waals surface area contributed by atoms with E-state index in [2.05, 4.69) is 71.7 Å². The number of hydrogen-bond donors (Lipinski definition) is 1. The molecule has 2 fully saturated rings. The van der Waals surface area contributed by atoms with E-state index in [0.29, 0.717) is 33.0 Å². The number of benzene rings is 1. The van der Waals surface area contributed by atoms with Gasteiger partial charge in [-0.05, 0) is 11.5 Å². The van der Waals surface area contributed by atoms with Crippen molar-refractivity contribution in [3.63, 3.8) is 0 Å². The van der Waals surface area contributed by atoms with Crippen molar-refractivity contribution in [1.29, 1.82) is 5.41 Å². The minimum atomic E-state index is 0.155. The molecule has 4 heterocycles. The fourth-order valence-corrected chi connectivity index (χ4v) is 6.92. The van der Waals surface area contributed by atoms with E-state index in [9.17, 15) is 0 Å². The van der Waals surface area contributed by atoms with E-state index in [-0.39, 0.29) is 5.54 Å². The molecule has 0 saturated carbocycles. The number of rotatable bonds is 3. The molecule has 0 amide bonds. The number of piperidine rings is 1. The summed E-state index contributed by atoms with van der Waals surface area (Å²) in [5.41, 5.74) is 5.72. The van der Waals surface area contributed by atoms with Crippen molar-refractivity contribution >= 4 is 5.84 Å². The standard InChI is InChI=1S/C24H32IN4/c1-17(2)18-4-6-19(7-5-18)23(26)28-12-10-24(11-13-28)22-9-8-21(20-16-25-20)29(22)15-14-27(24)3/h4-9,17,20,26H,10-16H2,1-3H3/q-1. The molecular weight excluding hydrogens is 471 g/mol. The van der Waals surface area contributed by atoms with Crippen LogP contribution >= 0.6 is 0 Å². The predicted molar refractivity (Wildman–Crippen MR) is 115 cm³/mol. The number of aromatic nitrogens is 1. The van der Waals surface area contributed by atoms with Gasteiger partial charge < -0.3 is 0 Å². The summed E-state index contributed by atoms with van der Waals surface area (Å²) in [7, 11) is 2.31. The molecule has 1 aromatic heterocycles. The molecule has 1 aromatic carbocycles. The first kappa shape index (κ1) is 19.6. The van der Waals surface area contributed by atoms with E-state index >= 15 is 0 Å². The molecule has 5 rings (SSSR count). The number of nitrogens with one attached hydrogen (secondary N) is 1. The number of fused-ring (bicyclic) bond motifs is 2. The molecule has 1 unspecified atom stereocenters. The van der Waals surface area contributed by atoms with Gasteiger partial charge in [0.25, 0.3) is 0 Å². The Morgan fingerprint density at radius 2 is 1.72 bits per heavy atom. The van der Waals surface area contributed by atoms with Crippen molar-refractivity contribution in [3.05, 3.63) is 58.9 Å². The zero-order valence-corrected chi connectivity index (χ0v) is 19.9. The van der Waals surface area contributed by atoms with Gasteiger partial charge in [0.1, 0.15) is 0 Å². The van der Waals surface area contributed by atoms with Gasteiger partial charge in [-0.2, -0.15) is 0 Å². The van der Waals surface area contributed by atoms with E-state index in [1.807, 2.05) is 0 Å². The summed E-state index contributed by atoms with van der Waals surface area (Å²) < 4.78 is 5.07. The summed E-state index contributed by atoms with van der Waals surface area (Å²) >= 11 is 0.443. The Kier molecular flexibility index (Phi) is 5.01. The average molecular weight is 503 g/mol. The van der Waals surface area contributed by atoms with Crippen LogP contribution in [0.1, 0.15) is 59.0 Å². The van der Waals surface area contributed by atoms with Crippen molar-refractivity contribution in [1.82, 2.24) is 14.4 Å². The molecule has 0 radical (unpaired) electrons. The number of amidine groups is 1. The quantitative estimate of drug-likeness (QED) is 0.294. The van der Waals surface area contributed by atoms with Crippen LogP contribution in [0.3, 0.4) is 0 Å². The van der Waals surface area contributed by atoms with Crippen LogP contribution in [0, 0.1) is 5.41 Å². The SMILES string of the molecule is CC(C)c1ccc(C(=N)N2CCC3(CC2)c2ccc(C4C[I-]4)n2CCN3C)cc1. The molecule has 1 N–H and O–H groups in total. The number of likely N-dealkylation sites (N-methyl/N-ethyl adjacent to an activating group) is 1. The predicted octanol–water partition coefficient (Wildman–Crippen LogP) is 1.02. The maximum absolute atomic E-state index is 8.78. The number of alkyl halides is 2. The second-order valence-corrected chi connectivity index (χ2v) is 12.4. The average Bonchev–Trinajstić information content (AvgIpc) is 3.49. The van der Waals surface area contributed by atoms with Crippen LogP contribution in [0.15, 0.2) is 36.4 Å². The summed E-state index contributed by atoms with van der Waals surface area (Å²) in [6.45, 7) is 8.66. The van der Waals surface area contributed by atoms with Gasteiger partial charge in [-0.3, -0.25) is 0 Å². The Morgan fingerprint density at radius 3 is 2.34 bits per heavy atom. The molecule has 4 nitrogen and oxygen atoms in total. The van der Waals surface area contributed by atoms with E-state index in [0.717, 1.165) is 48.5 Å². The van der Waals surface area contributed by atoms with Gasteiger partial charge in [-0.1, -0.05) is 13.8 Å². The summed E-state index contributed by atoms with van der Waals surface area (Å²) in [6.07, 6.45) is 2.22. The summed E-state index contributed by atoms with van der Waals surface area (Å²) in [6, 6.07) is 13.5. The number of nitrogens with zero attached hydrogens (tertiary/aromatic N) is 3. The van der Waals surface area contributed by atoms with Gasteiger partial charge in [0.05, 0.1) is 0 Å². The van der Waals surface area contributed by atoms with Gasteiger partial charge in [0.2, 0.25) is 0 Å². The molecule has 2 aromatic rings. The minimum absolute atomic E-state index is 0.155. The van der Waals surface area contributed by atoms with Gasteiger partial charge in [-0.25, -0.2) is 0 Å². The van der Waals surface area contributed by atoms with Crippen LogP contribution in [0.2, 0.25) is 0 Å². The third-order valence-electron chi connectivity index (χ3n) is 7.27. The Labute approximate surface area is 185 Å². The maximum atomic E-state index is 8.78. The van der Waals surface area contributed by atoms with Crippen molar-refractivity contribution in [2.75, 3.05) is 31.1 Å². The molecule has 0 aliphatic carbocycles. The van der Waals surface area contributed by atoms with Gasteiger partial charge in [-0.15, -0.1) is 0 Å². The first-order valence-corrected chi connectivity index (χ1v) is 13.7. The molecule has 156 valence electrons. The van der Waals surface area contributed by atoms with Gasteiger partial charge in [0, 0.05) is 0 Å². The van der Waals surface area contributed by atoms with E-state index < -0.39 is 0 Å². The zero-order valence-electron chi connectivity index (χ0n) is 17.8. The van der Waals surface area contributed by atoms with Crippen molar-refractivity contribution < 1.29 is 21.2 Å². The van der Waals surface area contributed by atoms with Gasteiger partial charge in [0.15, 0.2) is 0 Å². The number of hydrogen-bond acceptors (Lipinski definition) is 2. The Hall–Kier alpha value is -1.34. The summed E-state index contributed by atoms with van der Waals surface area (Å²) in [5.74, 6) is 1.22. The third-order valence-corrected chi connectivity index (χ3v) is 9.67. The molecule has 5 heteroatoms. The second kappa shape index (κ2) is 7.41. The van der Waals surface area contributed by atoms with Crippen LogP contribution in [0.4, 0.5) is 0 Å². The second-order valence-electron chi connectivity index (χ2n) is 9.14. The van der Waals surface area contributed by atoms with E-state index in [4.69, 9.17) is 5.41 Å². The molecule has 3 aliphatic heterocycles. The Bertz CT molecular complexity index is 901. The molecule has 1 spiro atoms. The molecular formula is C24H32IN4-. The first-order valence-electron chi connectivity index (χ1n) is 10.9. The van der Waals surface area contributed by atoms with Crippen molar-refractivity contribution in [2.45, 2.75) is 48.6 Å². The normalized spacial score (nSPS) is 23.7. The van der Waals surface area contributed by atoms with Crippen LogP contribution in [0.5, 0.6) is 0 Å². The summed E-state index contributed by atoms with van der Waals surface area (Å²) in [4.78, 5) is 4.89. The third kappa shape index (κ3) is 3.34. The van der Waals surface area contributed by atoms with Crippen LogP contribution in [-0.4, -0.2) is 51.3 Å². The van der Waals surface area contributed by atoms with Crippen LogP contribution < -0.4 is 21.2 Å². The fraction of sp³-hybridized carbons (Fsp3) is 0.542. The number of halogens is 1.